The molecule has 0 fully saturated rings. The third kappa shape index (κ3) is 2.93. The van der Waals surface area contributed by atoms with E-state index in [1.54, 1.807) is 7.05 Å². The summed E-state index contributed by atoms with van der Waals surface area (Å²) in [6.07, 6.45) is 0.105. The predicted molar refractivity (Wildman–Crippen MR) is 62.3 cm³/mol. The van der Waals surface area contributed by atoms with Gasteiger partial charge in [-0.25, -0.2) is 18.4 Å². The van der Waals surface area contributed by atoms with Crippen LogP contribution in [0.3, 0.4) is 0 Å². The third-order valence-electron chi connectivity index (χ3n) is 2.55. The number of rotatable bonds is 4. The van der Waals surface area contributed by atoms with Crippen LogP contribution in [0.4, 0.5) is 8.78 Å². The number of carbonyl (C=O) groups is 1. The van der Waals surface area contributed by atoms with Crippen LogP contribution in [0, 0.1) is 11.6 Å². The Morgan fingerprint density at radius 2 is 2.11 bits per heavy atom. The maximum atomic E-state index is 13.1. The summed E-state index contributed by atoms with van der Waals surface area (Å²) in [6.45, 7) is 0. The molecule has 0 amide bonds. The van der Waals surface area contributed by atoms with Gasteiger partial charge in [0.2, 0.25) is 0 Å². The molecule has 1 aromatic carbocycles. The summed E-state index contributed by atoms with van der Waals surface area (Å²) < 4.78 is 27.4. The van der Waals surface area contributed by atoms with Gasteiger partial charge in [-0.2, -0.15) is 5.10 Å². The van der Waals surface area contributed by atoms with Crippen molar-refractivity contribution in [2.45, 2.75) is 12.8 Å². The van der Waals surface area contributed by atoms with E-state index in [9.17, 15) is 13.6 Å². The van der Waals surface area contributed by atoms with Crippen molar-refractivity contribution in [2.75, 3.05) is 0 Å². The number of nitrogens with zero attached hydrogens (tertiary/aromatic N) is 3. The van der Waals surface area contributed by atoms with Crippen LogP contribution >= 0.6 is 0 Å². The third-order valence-corrected chi connectivity index (χ3v) is 2.55. The number of benzene rings is 1. The van der Waals surface area contributed by atoms with Crippen molar-refractivity contribution in [1.29, 1.82) is 0 Å². The average Bonchev–Trinajstić information content (AvgIpc) is 2.72. The molecule has 0 atom stereocenters. The van der Waals surface area contributed by atoms with Crippen molar-refractivity contribution in [3.63, 3.8) is 0 Å². The molecule has 2 aromatic rings. The predicted octanol–water partition coefficient (Wildman–Crippen LogP) is 1.78. The highest BCUT2D eigenvalue weighted by atomic mass is 19.2. The van der Waals surface area contributed by atoms with Gasteiger partial charge in [-0.3, -0.25) is 4.79 Å². The molecule has 0 spiro atoms. The van der Waals surface area contributed by atoms with Crippen molar-refractivity contribution in [2.24, 2.45) is 7.05 Å². The van der Waals surface area contributed by atoms with Crippen LogP contribution in [0.25, 0.3) is 11.4 Å². The molecule has 1 aromatic heterocycles. The van der Waals surface area contributed by atoms with E-state index in [2.05, 4.69) is 10.1 Å². The van der Waals surface area contributed by atoms with Gasteiger partial charge in [0.1, 0.15) is 0 Å². The van der Waals surface area contributed by atoms with Crippen LogP contribution in [0.2, 0.25) is 0 Å². The van der Waals surface area contributed by atoms with Gasteiger partial charge in [0, 0.05) is 19.0 Å². The van der Waals surface area contributed by atoms with E-state index in [1.807, 2.05) is 0 Å². The zero-order valence-electron chi connectivity index (χ0n) is 10.1. The molecule has 2 rings (SSSR count). The molecule has 7 heteroatoms. The number of halogens is 2. The second-order valence-electron chi connectivity index (χ2n) is 4.00. The summed E-state index contributed by atoms with van der Waals surface area (Å²) >= 11 is 0. The lowest BCUT2D eigenvalue weighted by Crippen LogP contribution is -1.99. The minimum Gasteiger partial charge on any atom is -0.481 e. The Labute approximate surface area is 107 Å². The summed E-state index contributed by atoms with van der Waals surface area (Å²) in [5, 5.41) is 12.6. The van der Waals surface area contributed by atoms with Crippen molar-refractivity contribution < 1.29 is 18.7 Å². The molecule has 0 aliphatic rings. The Morgan fingerprint density at radius 3 is 2.74 bits per heavy atom. The lowest BCUT2D eigenvalue weighted by molar-refractivity contribution is -0.137. The molecule has 5 nitrogen and oxygen atoms in total. The summed E-state index contributed by atoms with van der Waals surface area (Å²) in [6, 6.07) is 3.43. The molecule has 1 heterocycles. The molecule has 1 N–H and O–H groups in total. The standard InChI is InChI=1S/C12H11F2N3O2/c1-17-12(7-2-3-8(13)9(14)6-7)15-10(16-17)4-5-11(18)19/h2-3,6H,4-5H2,1H3,(H,18,19). The van der Waals surface area contributed by atoms with Crippen molar-refractivity contribution in [3.05, 3.63) is 35.7 Å². The van der Waals surface area contributed by atoms with Crippen LogP contribution in [0.5, 0.6) is 0 Å². The second-order valence-corrected chi connectivity index (χ2v) is 4.00. The van der Waals surface area contributed by atoms with Crippen LogP contribution in [-0.2, 0) is 18.3 Å². The minimum absolute atomic E-state index is 0.0821. The Hall–Kier alpha value is -2.31. The molecular formula is C12H11F2N3O2. The molecule has 0 aliphatic carbocycles. The molecule has 19 heavy (non-hydrogen) atoms. The first-order chi connectivity index (χ1) is 8.97. The molecule has 0 radical (unpaired) electrons. The number of aryl methyl sites for hydroxylation is 2. The number of carboxylic acid groups (broad SMARTS) is 1. The zero-order chi connectivity index (χ0) is 14.0. The van der Waals surface area contributed by atoms with E-state index < -0.39 is 17.6 Å². The molecule has 0 saturated carbocycles. The fourth-order valence-corrected chi connectivity index (χ4v) is 1.65. The Kier molecular flexibility index (Phi) is 3.55. The number of aliphatic carboxylic acids is 1. The van der Waals surface area contributed by atoms with Crippen LogP contribution in [-0.4, -0.2) is 25.8 Å². The molecule has 0 saturated heterocycles. The van der Waals surface area contributed by atoms with Crippen LogP contribution in [0.15, 0.2) is 18.2 Å². The molecular weight excluding hydrogens is 256 g/mol. The quantitative estimate of drug-likeness (QED) is 0.916. The van der Waals surface area contributed by atoms with E-state index in [4.69, 9.17) is 5.11 Å². The highest BCUT2D eigenvalue weighted by molar-refractivity contribution is 5.67. The van der Waals surface area contributed by atoms with Gasteiger partial charge in [-0.15, -0.1) is 0 Å². The number of hydrogen-bond donors (Lipinski definition) is 1. The number of aromatic nitrogens is 3. The molecule has 0 bridgehead atoms. The summed E-state index contributed by atoms with van der Waals surface area (Å²) in [5.74, 6) is -2.13. The van der Waals surface area contributed by atoms with Gasteiger partial charge >= 0.3 is 5.97 Å². The monoisotopic (exact) mass is 267 g/mol. The maximum absolute atomic E-state index is 13.1. The van der Waals surface area contributed by atoms with E-state index in [0.717, 1.165) is 12.1 Å². The lowest BCUT2D eigenvalue weighted by atomic mass is 10.2. The van der Waals surface area contributed by atoms with Gasteiger partial charge in [-0.1, -0.05) is 0 Å². The van der Waals surface area contributed by atoms with Crippen LogP contribution in [0.1, 0.15) is 12.2 Å². The van der Waals surface area contributed by atoms with E-state index >= 15 is 0 Å². The first kappa shape index (κ1) is 13.1. The fourth-order valence-electron chi connectivity index (χ4n) is 1.65. The molecule has 0 aliphatic heterocycles. The highest BCUT2D eigenvalue weighted by Gasteiger charge is 2.12. The zero-order valence-corrected chi connectivity index (χ0v) is 10.1. The SMILES string of the molecule is Cn1nc(CCC(=O)O)nc1-c1ccc(F)c(F)c1. The normalized spacial score (nSPS) is 10.7. The summed E-state index contributed by atoms with van der Waals surface area (Å²) in [7, 11) is 1.61. The molecule has 0 unspecified atom stereocenters. The lowest BCUT2D eigenvalue weighted by Gasteiger charge is -2.00. The van der Waals surface area contributed by atoms with Crippen molar-refractivity contribution >= 4 is 5.97 Å². The topological polar surface area (TPSA) is 68.0 Å². The highest BCUT2D eigenvalue weighted by Crippen LogP contribution is 2.19. The Balaban J connectivity index is 2.29. The van der Waals surface area contributed by atoms with E-state index in [1.165, 1.54) is 10.7 Å². The fraction of sp³-hybridized carbons (Fsp3) is 0.250. The number of hydrogen-bond acceptors (Lipinski definition) is 3. The Morgan fingerprint density at radius 1 is 1.37 bits per heavy atom. The summed E-state index contributed by atoms with van der Waals surface area (Å²) in [4.78, 5) is 14.6. The van der Waals surface area contributed by atoms with Gasteiger partial charge in [0.05, 0.1) is 6.42 Å². The van der Waals surface area contributed by atoms with Gasteiger partial charge in [0.15, 0.2) is 23.3 Å². The largest absolute Gasteiger partial charge is 0.481 e. The summed E-state index contributed by atoms with van der Waals surface area (Å²) in [5.41, 5.74) is 0.385. The molecule has 100 valence electrons. The van der Waals surface area contributed by atoms with Gasteiger partial charge in [-0.05, 0) is 18.2 Å². The van der Waals surface area contributed by atoms with Gasteiger partial charge in [0.25, 0.3) is 0 Å². The minimum atomic E-state index is -0.965. The van der Waals surface area contributed by atoms with Crippen LogP contribution < -0.4 is 0 Å². The first-order valence-electron chi connectivity index (χ1n) is 5.54. The maximum Gasteiger partial charge on any atom is 0.303 e. The van der Waals surface area contributed by atoms with Crippen molar-refractivity contribution in [1.82, 2.24) is 14.8 Å². The van der Waals surface area contributed by atoms with Gasteiger partial charge < -0.3 is 5.11 Å². The average molecular weight is 267 g/mol. The second kappa shape index (κ2) is 5.13. The first-order valence-corrected chi connectivity index (χ1v) is 5.54. The smallest absolute Gasteiger partial charge is 0.303 e. The van der Waals surface area contributed by atoms with E-state index in [-0.39, 0.29) is 12.8 Å². The number of carboxylic acids is 1. The Bertz CT molecular complexity index is 625. The van der Waals surface area contributed by atoms with E-state index in [0.29, 0.717) is 17.2 Å². The van der Waals surface area contributed by atoms with Crippen molar-refractivity contribution in [3.8, 4) is 11.4 Å².